The normalized spacial score (nSPS) is 12.9. The minimum Gasteiger partial charge on any atom is -0.314 e. The molecule has 3 amide bonds. The molecule has 0 aromatic heterocycles. The maximum Gasteiger partial charge on any atom is 0.282 e. The fourth-order valence-electron chi connectivity index (χ4n) is 2.65. The summed E-state index contributed by atoms with van der Waals surface area (Å²) in [5, 5.41) is 11.1. The Morgan fingerprint density at radius 1 is 1.08 bits per heavy atom. The summed E-state index contributed by atoms with van der Waals surface area (Å²) in [6, 6.07) is 12.6. The number of hydrogen-bond donors (Lipinski definition) is 0. The molecule has 25 heavy (non-hydrogen) atoms. The molecule has 0 fully saturated rings. The maximum atomic E-state index is 12.5. The fraction of sp³-hybridized carbons (Fsp3) is 0.118. The highest BCUT2D eigenvalue weighted by Crippen LogP contribution is 2.30. The Bertz CT molecular complexity index is 894. The van der Waals surface area contributed by atoms with Crippen LogP contribution in [0.3, 0.4) is 0 Å². The average Bonchev–Trinajstić information content (AvgIpc) is 2.86. The van der Waals surface area contributed by atoms with E-state index in [1.54, 1.807) is 30.3 Å². The molecule has 1 aliphatic rings. The number of rotatable bonds is 4. The number of hydrogen-bond acceptors (Lipinski definition) is 5. The lowest BCUT2D eigenvalue weighted by molar-refractivity contribution is -0.385. The Balaban J connectivity index is 1.86. The minimum atomic E-state index is -0.831. The highest BCUT2D eigenvalue weighted by molar-refractivity contribution is 6.24. The van der Waals surface area contributed by atoms with Gasteiger partial charge in [-0.25, -0.2) is 0 Å². The van der Waals surface area contributed by atoms with Crippen LogP contribution >= 0.6 is 0 Å². The number of nitro groups is 1. The quantitative estimate of drug-likeness (QED) is 0.481. The molecule has 0 N–H and O–H groups in total. The van der Waals surface area contributed by atoms with Gasteiger partial charge in [-0.2, -0.15) is 0 Å². The third kappa shape index (κ3) is 2.74. The number of amides is 3. The second-order valence-corrected chi connectivity index (χ2v) is 5.44. The molecule has 0 unspecified atom stereocenters. The van der Waals surface area contributed by atoms with Gasteiger partial charge < -0.3 is 4.90 Å². The third-order valence-corrected chi connectivity index (χ3v) is 3.98. The number of fused-ring (bicyclic) bond motifs is 1. The number of likely N-dealkylation sites (N-methyl/N-ethyl adjacent to an activating group) is 1. The number of imide groups is 1. The Hall–Kier alpha value is -3.55. The highest BCUT2D eigenvalue weighted by Gasteiger charge is 2.42. The van der Waals surface area contributed by atoms with Gasteiger partial charge in [0.2, 0.25) is 5.91 Å². The third-order valence-electron chi connectivity index (χ3n) is 3.98. The van der Waals surface area contributed by atoms with Crippen LogP contribution in [0.15, 0.2) is 48.5 Å². The van der Waals surface area contributed by atoms with Crippen LogP contribution in [0, 0.1) is 10.1 Å². The Labute approximate surface area is 142 Å². The maximum absolute atomic E-state index is 12.5. The molecule has 0 saturated heterocycles. The number of benzene rings is 2. The number of para-hydroxylation sites is 1. The molecule has 2 aromatic carbocycles. The van der Waals surface area contributed by atoms with Crippen molar-refractivity contribution < 1.29 is 19.3 Å². The molecule has 0 aliphatic carbocycles. The predicted octanol–water partition coefficient (Wildman–Crippen LogP) is 1.85. The zero-order valence-corrected chi connectivity index (χ0v) is 13.2. The number of anilines is 1. The van der Waals surface area contributed by atoms with Crippen LogP contribution < -0.4 is 4.90 Å². The van der Waals surface area contributed by atoms with Crippen LogP contribution in [0.25, 0.3) is 0 Å². The molecule has 0 atom stereocenters. The Morgan fingerprint density at radius 3 is 2.40 bits per heavy atom. The molecular formula is C17H13N3O5. The molecule has 8 nitrogen and oxygen atoms in total. The van der Waals surface area contributed by atoms with Crippen molar-refractivity contribution in [3.63, 3.8) is 0 Å². The van der Waals surface area contributed by atoms with Crippen molar-refractivity contribution in [2.24, 2.45) is 0 Å². The van der Waals surface area contributed by atoms with E-state index >= 15 is 0 Å². The molecule has 0 saturated carbocycles. The van der Waals surface area contributed by atoms with Gasteiger partial charge in [-0.15, -0.1) is 0 Å². The van der Waals surface area contributed by atoms with Crippen LogP contribution in [-0.2, 0) is 4.79 Å². The van der Waals surface area contributed by atoms with E-state index in [1.165, 1.54) is 24.1 Å². The summed E-state index contributed by atoms with van der Waals surface area (Å²) in [7, 11) is 1.53. The van der Waals surface area contributed by atoms with Gasteiger partial charge in [-0.05, 0) is 18.2 Å². The van der Waals surface area contributed by atoms with Crippen molar-refractivity contribution >= 4 is 29.1 Å². The van der Waals surface area contributed by atoms with E-state index in [4.69, 9.17) is 0 Å². The van der Waals surface area contributed by atoms with Gasteiger partial charge in [-0.1, -0.05) is 24.3 Å². The monoisotopic (exact) mass is 339 g/mol. The van der Waals surface area contributed by atoms with Crippen molar-refractivity contribution in [2.75, 3.05) is 18.5 Å². The zero-order valence-electron chi connectivity index (χ0n) is 13.2. The largest absolute Gasteiger partial charge is 0.314 e. The van der Waals surface area contributed by atoms with E-state index in [2.05, 4.69) is 0 Å². The zero-order chi connectivity index (χ0) is 18.1. The first-order valence-corrected chi connectivity index (χ1v) is 7.37. The van der Waals surface area contributed by atoms with Crippen molar-refractivity contribution in [2.45, 2.75) is 0 Å². The van der Waals surface area contributed by atoms with Gasteiger partial charge in [0.05, 0.1) is 10.5 Å². The number of nitro benzene ring substituents is 1. The van der Waals surface area contributed by atoms with Gasteiger partial charge in [-0.3, -0.25) is 29.4 Å². The first-order chi connectivity index (χ1) is 11.9. The van der Waals surface area contributed by atoms with Gasteiger partial charge >= 0.3 is 0 Å². The predicted molar refractivity (Wildman–Crippen MR) is 88.3 cm³/mol. The van der Waals surface area contributed by atoms with Crippen molar-refractivity contribution in [3.05, 3.63) is 69.8 Å². The van der Waals surface area contributed by atoms with Crippen LogP contribution in [0.1, 0.15) is 20.7 Å². The SMILES string of the molecule is CN(C(=O)CN1C(=O)c2cccc([N+](=O)[O-])c2C1=O)c1ccccc1. The fourth-order valence-corrected chi connectivity index (χ4v) is 2.65. The van der Waals surface area contributed by atoms with E-state index in [0.717, 1.165) is 11.0 Å². The number of nitrogens with zero attached hydrogens (tertiary/aromatic N) is 3. The summed E-state index contributed by atoms with van der Waals surface area (Å²) >= 11 is 0. The molecule has 1 heterocycles. The first-order valence-electron chi connectivity index (χ1n) is 7.37. The van der Waals surface area contributed by atoms with Crippen LogP contribution in [0.4, 0.5) is 11.4 Å². The van der Waals surface area contributed by atoms with E-state index in [-0.39, 0.29) is 11.1 Å². The van der Waals surface area contributed by atoms with Gasteiger partial charge in [0, 0.05) is 18.8 Å². The summed E-state index contributed by atoms with van der Waals surface area (Å²) in [5.74, 6) is -2.02. The summed E-state index contributed by atoms with van der Waals surface area (Å²) < 4.78 is 0. The molecule has 3 rings (SSSR count). The highest BCUT2D eigenvalue weighted by atomic mass is 16.6. The van der Waals surface area contributed by atoms with E-state index < -0.39 is 34.9 Å². The smallest absolute Gasteiger partial charge is 0.282 e. The van der Waals surface area contributed by atoms with Crippen LogP contribution in [-0.4, -0.2) is 41.1 Å². The van der Waals surface area contributed by atoms with Crippen LogP contribution in [0.2, 0.25) is 0 Å². The van der Waals surface area contributed by atoms with E-state index in [1.807, 2.05) is 0 Å². The topological polar surface area (TPSA) is 101 Å². The summed E-state index contributed by atoms with van der Waals surface area (Å²) in [6.45, 7) is -0.491. The Kier molecular flexibility index (Phi) is 4.02. The minimum absolute atomic E-state index is 0.0608. The summed E-state index contributed by atoms with van der Waals surface area (Å²) in [5.41, 5.74) is -0.167. The second kappa shape index (κ2) is 6.16. The van der Waals surface area contributed by atoms with E-state index in [9.17, 15) is 24.5 Å². The van der Waals surface area contributed by atoms with Crippen molar-refractivity contribution in [1.29, 1.82) is 0 Å². The number of carbonyl (C=O) groups excluding carboxylic acids is 3. The molecule has 0 spiro atoms. The Morgan fingerprint density at radius 2 is 1.76 bits per heavy atom. The van der Waals surface area contributed by atoms with Crippen LogP contribution in [0.5, 0.6) is 0 Å². The second-order valence-electron chi connectivity index (χ2n) is 5.44. The number of carbonyl (C=O) groups is 3. The molecule has 0 radical (unpaired) electrons. The molecule has 1 aliphatic heterocycles. The van der Waals surface area contributed by atoms with Gasteiger partial charge in [0.15, 0.2) is 0 Å². The van der Waals surface area contributed by atoms with E-state index in [0.29, 0.717) is 5.69 Å². The average molecular weight is 339 g/mol. The molecule has 126 valence electrons. The lowest BCUT2D eigenvalue weighted by Crippen LogP contribution is -2.41. The lowest BCUT2D eigenvalue weighted by Gasteiger charge is -2.20. The standard InChI is InChI=1S/C17H13N3O5/c1-18(11-6-3-2-4-7-11)14(21)10-19-16(22)12-8-5-9-13(20(24)25)15(12)17(19)23/h2-9H,10H2,1H3. The summed E-state index contributed by atoms with van der Waals surface area (Å²) in [6.07, 6.45) is 0. The van der Waals surface area contributed by atoms with Gasteiger partial charge in [0.25, 0.3) is 17.5 Å². The molecule has 8 heteroatoms. The summed E-state index contributed by atoms with van der Waals surface area (Å²) in [4.78, 5) is 49.7. The van der Waals surface area contributed by atoms with Crippen molar-refractivity contribution in [1.82, 2.24) is 4.90 Å². The van der Waals surface area contributed by atoms with Gasteiger partial charge in [0.1, 0.15) is 12.1 Å². The van der Waals surface area contributed by atoms with Crippen molar-refractivity contribution in [3.8, 4) is 0 Å². The lowest BCUT2D eigenvalue weighted by atomic mass is 10.1. The molecule has 2 aromatic rings. The first kappa shape index (κ1) is 16.3. The molecular weight excluding hydrogens is 326 g/mol. The molecule has 0 bridgehead atoms.